The van der Waals surface area contributed by atoms with Gasteiger partial charge in [-0.05, 0) is 42.5 Å². The Morgan fingerprint density at radius 3 is 2.37 bits per heavy atom. The molecule has 0 atom stereocenters. The van der Waals surface area contributed by atoms with E-state index in [2.05, 4.69) is 5.32 Å². The number of hydrogen-bond donors (Lipinski definition) is 2. The lowest BCUT2D eigenvalue weighted by Gasteiger charge is -2.19. The van der Waals surface area contributed by atoms with Gasteiger partial charge in [-0.1, -0.05) is 18.2 Å². The molecule has 1 aliphatic heterocycles. The van der Waals surface area contributed by atoms with Crippen LogP contribution >= 0.6 is 0 Å². The van der Waals surface area contributed by atoms with Crippen molar-refractivity contribution >= 4 is 27.2 Å². The Hall–Kier alpha value is -3.45. The number of aromatic hydroxyl groups is 1. The maximum Gasteiger partial charge on any atom is 0.255 e. The number of benzene rings is 3. The zero-order chi connectivity index (χ0) is 19.2. The molecule has 0 saturated carbocycles. The summed E-state index contributed by atoms with van der Waals surface area (Å²) in [6.45, 7) is 0. The number of anilines is 1. The molecule has 0 radical (unpaired) electrons. The van der Waals surface area contributed by atoms with E-state index in [-0.39, 0.29) is 32.2 Å². The summed E-state index contributed by atoms with van der Waals surface area (Å²) in [6.07, 6.45) is 0. The monoisotopic (exact) mass is 379 g/mol. The summed E-state index contributed by atoms with van der Waals surface area (Å²) in [7, 11) is -3.91. The number of ketones is 1. The molecule has 3 aromatic rings. The maximum absolute atomic E-state index is 12.9. The highest BCUT2D eigenvalue weighted by Gasteiger charge is 2.35. The van der Waals surface area contributed by atoms with Crippen molar-refractivity contribution < 1.29 is 23.1 Å². The van der Waals surface area contributed by atoms with Crippen molar-refractivity contribution in [3.8, 4) is 5.75 Å². The van der Waals surface area contributed by atoms with Crippen LogP contribution in [-0.4, -0.2) is 25.2 Å². The van der Waals surface area contributed by atoms with Gasteiger partial charge in [0.1, 0.15) is 5.75 Å². The minimum Gasteiger partial charge on any atom is -0.508 e. The lowest BCUT2D eigenvalue weighted by atomic mass is 10.0. The predicted octanol–water partition coefficient (Wildman–Crippen LogP) is 3.02. The van der Waals surface area contributed by atoms with Gasteiger partial charge in [0.2, 0.25) is 9.84 Å². The molecule has 1 amide bonds. The van der Waals surface area contributed by atoms with Crippen molar-refractivity contribution in [2.45, 2.75) is 9.79 Å². The minimum atomic E-state index is -3.91. The average Bonchev–Trinajstić information content (AvgIpc) is 2.66. The van der Waals surface area contributed by atoms with Crippen LogP contribution in [0.5, 0.6) is 5.75 Å². The van der Waals surface area contributed by atoms with Crippen molar-refractivity contribution in [3.63, 3.8) is 0 Å². The molecule has 0 aromatic heterocycles. The van der Waals surface area contributed by atoms with E-state index in [1.165, 1.54) is 42.5 Å². The number of amides is 1. The topological polar surface area (TPSA) is 101 Å². The van der Waals surface area contributed by atoms with Crippen molar-refractivity contribution in [3.05, 3.63) is 83.4 Å². The molecule has 4 rings (SSSR count). The maximum atomic E-state index is 12.9. The van der Waals surface area contributed by atoms with Gasteiger partial charge in [0, 0.05) is 28.4 Å². The summed E-state index contributed by atoms with van der Waals surface area (Å²) < 4.78 is 25.8. The van der Waals surface area contributed by atoms with E-state index < -0.39 is 21.5 Å². The number of carbonyl (C=O) groups excluding carboxylic acids is 2. The van der Waals surface area contributed by atoms with Crippen LogP contribution in [0, 0.1) is 0 Å². The lowest BCUT2D eigenvalue weighted by molar-refractivity contribution is 0.101. The van der Waals surface area contributed by atoms with Crippen LogP contribution in [0.4, 0.5) is 5.69 Å². The number of hydrogen-bond acceptors (Lipinski definition) is 5. The van der Waals surface area contributed by atoms with Crippen molar-refractivity contribution in [1.29, 1.82) is 0 Å². The standard InChI is InChI=1S/C20H13NO5S/c22-14-5-3-4-13(11-14)21-20(24)12-8-9-16-18(10-12)27(25,26)17-7-2-1-6-15(17)19(16)23/h1-11,22H,(H,21,24). The zero-order valence-electron chi connectivity index (χ0n) is 13.8. The lowest BCUT2D eigenvalue weighted by Crippen LogP contribution is -2.21. The van der Waals surface area contributed by atoms with Gasteiger partial charge in [-0.3, -0.25) is 9.59 Å². The molecule has 7 heteroatoms. The highest BCUT2D eigenvalue weighted by atomic mass is 32.2. The second-order valence-electron chi connectivity index (χ2n) is 6.04. The van der Waals surface area contributed by atoms with Gasteiger partial charge < -0.3 is 10.4 Å². The van der Waals surface area contributed by atoms with Gasteiger partial charge in [0.05, 0.1) is 9.79 Å². The number of phenolic OH excluding ortho intramolecular Hbond substituents is 1. The predicted molar refractivity (Wildman–Crippen MR) is 97.8 cm³/mol. The fourth-order valence-electron chi connectivity index (χ4n) is 3.01. The normalized spacial score (nSPS) is 14.1. The number of carbonyl (C=O) groups is 2. The van der Waals surface area contributed by atoms with Crippen molar-refractivity contribution in [2.24, 2.45) is 0 Å². The molecule has 6 nitrogen and oxygen atoms in total. The SMILES string of the molecule is O=C(Nc1cccc(O)c1)c1ccc2c(c1)S(=O)(=O)c1ccccc1C2=O. The Balaban J connectivity index is 1.77. The third kappa shape index (κ3) is 2.78. The largest absolute Gasteiger partial charge is 0.508 e. The van der Waals surface area contributed by atoms with Crippen LogP contribution in [0.15, 0.2) is 76.5 Å². The fourth-order valence-corrected chi connectivity index (χ4v) is 4.69. The number of rotatable bonds is 2. The Kier molecular flexibility index (Phi) is 3.82. The minimum absolute atomic E-state index is 0.0111. The first-order valence-electron chi connectivity index (χ1n) is 8.01. The molecule has 2 N–H and O–H groups in total. The van der Waals surface area contributed by atoms with Crippen LogP contribution in [-0.2, 0) is 9.84 Å². The first-order valence-corrected chi connectivity index (χ1v) is 9.49. The van der Waals surface area contributed by atoms with Gasteiger partial charge >= 0.3 is 0 Å². The molecule has 1 aliphatic rings. The Morgan fingerprint density at radius 2 is 1.59 bits per heavy atom. The first kappa shape index (κ1) is 17.0. The van der Waals surface area contributed by atoms with Crippen LogP contribution < -0.4 is 5.32 Å². The molecule has 0 bridgehead atoms. The van der Waals surface area contributed by atoms with Gasteiger partial charge in [0.25, 0.3) is 5.91 Å². The van der Waals surface area contributed by atoms with Gasteiger partial charge in [-0.15, -0.1) is 0 Å². The summed E-state index contributed by atoms with van der Waals surface area (Å²) in [6, 6.07) is 16.0. The third-order valence-electron chi connectivity index (χ3n) is 4.30. The molecule has 0 unspecified atom stereocenters. The van der Waals surface area contributed by atoms with Crippen molar-refractivity contribution in [1.82, 2.24) is 0 Å². The number of phenols is 1. The Morgan fingerprint density at radius 1 is 0.852 bits per heavy atom. The molecular formula is C20H13NO5S. The first-order chi connectivity index (χ1) is 12.9. The van der Waals surface area contributed by atoms with E-state index in [0.717, 1.165) is 0 Å². The Bertz CT molecular complexity index is 1210. The third-order valence-corrected chi connectivity index (χ3v) is 6.15. The van der Waals surface area contributed by atoms with Crippen LogP contribution in [0.3, 0.4) is 0 Å². The van der Waals surface area contributed by atoms with Crippen LogP contribution in [0.1, 0.15) is 26.3 Å². The molecule has 0 spiro atoms. The number of nitrogens with one attached hydrogen (secondary N) is 1. The van der Waals surface area contributed by atoms with Crippen LogP contribution in [0.2, 0.25) is 0 Å². The van der Waals surface area contributed by atoms with Gasteiger partial charge in [-0.25, -0.2) is 8.42 Å². The van der Waals surface area contributed by atoms with E-state index in [1.807, 2.05) is 0 Å². The second kappa shape index (κ2) is 6.07. The van der Waals surface area contributed by atoms with E-state index >= 15 is 0 Å². The highest BCUT2D eigenvalue weighted by Crippen LogP contribution is 2.34. The molecule has 0 aliphatic carbocycles. The second-order valence-corrected chi connectivity index (χ2v) is 7.93. The zero-order valence-corrected chi connectivity index (χ0v) is 14.7. The van der Waals surface area contributed by atoms with E-state index in [9.17, 15) is 23.1 Å². The summed E-state index contributed by atoms with van der Waals surface area (Å²) in [5, 5.41) is 12.1. The van der Waals surface area contributed by atoms with Crippen LogP contribution in [0.25, 0.3) is 0 Å². The molecule has 0 fully saturated rings. The number of fused-ring (bicyclic) bond motifs is 2. The number of sulfone groups is 1. The smallest absolute Gasteiger partial charge is 0.255 e. The molecule has 1 heterocycles. The highest BCUT2D eigenvalue weighted by molar-refractivity contribution is 7.91. The van der Waals surface area contributed by atoms with Crippen molar-refractivity contribution in [2.75, 3.05) is 5.32 Å². The summed E-state index contributed by atoms with van der Waals surface area (Å²) in [5.74, 6) is -0.955. The molecule has 134 valence electrons. The van der Waals surface area contributed by atoms with E-state index in [0.29, 0.717) is 5.69 Å². The Labute approximate surface area is 155 Å². The quantitative estimate of drug-likeness (QED) is 0.558. The molecular weight excluding hydrogens is 366 g/mol. The fraction of sp³-hybridized carbons (Fsp3) is 0. The van der Waals surface area contributed by atoms with E-state index in [1.54, 1.807) is 24.3 Å². The van der Waals surface area contributed by atoms with Gasteiger partial charge in [0.15, 0.2) is 5.78 Å². The molecule has 27 heavy (non-hydrogen) atoms. The summed E-state index contributed by atoms with van der Waals surface area (Å²) in [5.41, 5.74) is 0.624. The van der Waals surface area contributed by atoms with E-state index in [4.69, 9.17) is 0 Å². The summed E-state index contributed by atoms with van der Waals surface area (Å²) >= 11 is 0. The average molecular weight is 379 g/mol. The van der Waals surface area contributed by atoms with Gasteiger partial charge in [-0.2, -0.15) is 0 Å². The summed E-state index contributed by atoms with van der Waals surface area (Å²) in [4.78, 5) is 24.8. The molecule has 0 saturated heterocycles. The molecule has 3 aromatic carbocycles.